The SMILES string of the molecule is C=C(/C=C\C(=C/C)C/C=C\C=C(/N)C(=C)/C=C\C=N)C(=C)/C=C\c1cc(C2=CC=CC(/C(C)=C/C=C\N)N2)ccc1C. The Morgan fingerprint density at radius 3 is 2.48 bits per heavy atom. The number of aryl methyl sites for hydroxylation is 1. The number of dihydropyridines is 1. The molecule has 1 aromatic carbocycles. The molecule has 1 heterocycles. The summed E-state index contributed by atoms with van der Waals surface area (Å²) >= 11 is 0. The maximum atomic E-state index is 7.05. The van der Waals surface area contributed by atoms with Gasteiger partial charge >= 0.3 is 0 Å². The van der Waals surface area contributed by atoms with Crippen LogP contribution in [0, 0.1) is 12.3 Å². The van der Waals surface area contributed by atoms with Crippen molar-refractivity contribution in [2.75, 3.05) is 0 Å². The number of nitrogens with one attached hydrogen (secondary N) is 2. The fourth-order valence-electron chi connectivity index (χ4n) is 3.91. The predicted octanol–water partition coefficient (Wildman–Crippen LogP) is 8.46. The predicted molar refractivity (Wildman–Crippen MR) is 186 cm³/mol. The molecule has 0 saturated heterocycles. The summed E-state index contributed by atoms with van der Waals surface area (Å²) < 4.78 is 0. The van der Waals surface area contributed by atoms with Crippen LogP contribution in [0.2, 0.25) is 0 Å². The molecule has 0 fully saturated rings. The summed E-state index contributed by atoms with van der Waals surface area (Å²) in [5.74, 6) is 0. The van der Waals surface area contributed by atoms with Gasteiger partial charge in [0.25, 0.3) is 0 Å². The van der Waals surface area contributed by atoms with Crippen LogP contribution in [0.5, 0.6) is 0 Å². The molecule has 1 aromatic rings. The smallest absolute Gasteiger partial charge is 0.0661 e. The Kier molecular flexibility index (Phi) is 13.9. The summed E-state index contributed by atoms with van der Waals surface area (Å²) in [6.07, 6.45) is 33.0. The highest BCUT2D eigenvalue weighted by molar-refractivity contribution is 5.72. The summed E-state index contributed by atoms with van der Waals surface area (Å²) in [4.78, 5) is 0. The molecule has 4 heteroatoms. The van der Waals surface area contributed by atoms with E-state index in [2.05, 4.69) is 93.6 Å². The highest BCUT2D eigenvalue weighted by Crippen LogP contribution is 2.23. The largest absolute Gasteiger partial charge is 0.405 e. The molecule has 1 aliphatic rings. The van der Waals surface area contributed by atoms with Crippen LogP contribution < -0.4 is 16.8 Å². The van der Waals surface area contributed by atoms with Gasteiger partial charge in [0.15, 0.2) is 0 Å². The fraction of sp³-hybridized carbons (Fsp3) is 0.132. The van der Waals surface area contributed by atoms with Gasteiger partial charge < -0.3 is 22.2 Å². The zero-order valence-electron chi connectivity index (χ0n) is 25.1. The van der Waals surface area contributed by atoms with Crippen LogP contribution in [0.25, 0.3) is 11.8 Å². The number of hydrogen-bond acceptors (Lipinski definition) is 4. The number of hydrogen-bond donors (Lipinski definition) is 4. The van der Waals surface area contributed by atoms with Gasteiger partial charge in [0.05, 0.1) is 6.04 Å². The second-order valence-electron chi connectivity index (χ2n) is 9.84. The van der Waals surface area contributed by atoms with Gasteiger partial charge in [-0.25, -0.2) is 0 Å². The van der Waals surface area contributed by atoms with E-state index in [-0.39, 0.29) is 6.04 Å². The topological polar surface area (TPSA) is 87.9 Å². The minimum Gasteiger partial charge on any atom is -0.405 e. The third kappa shape index (κ3) is 10.8. The summed E-state index contributed by atoms with van der Waals surface area (Å²) in [5, 5.41) is 10.7. The third-order valence-corrected chi connectivity index (χ3v) is 6.70. The Bertz CT molecular complexity index is 1480. The fourth-order valence-corrected chi connectivity index (χ4v) is 3.91. The molecule has 4 nitrogen and oxygen atoms in total. The zero-order chi connectivity index (χ0) is 30.9. The molecule has 0 saturated carbocycles. The van der Waals surface area contributed by atoms with Gasteiger partial charge in [-0.2, -0.15) is 0 Å². The normalized spacial score (nSPS) is 16.6. The Balaban J connectivity index is 2.04. The first-order chi connectivity index (χ1) is 20.2. The highest BCUT2D eigenvalue weighted by atomic mass is 14.9. The molecule has 0 amide bonds. The van der Waals surface area contributed by atoms with Crippen LogP contribution in [-0.4, -0.2) is 12.3 Å². The van der Waals surface area contributed by atoms with E-state index in [0.717, 1.165) is 40.0 Å². The molecule has 6 N–H and O–H groups in total. The Morgan fingerprint density at radius 2 is 1.76 bits per heavy atom. The van der Waals surface area contributed by atoms with E-state index in [0.29, 0.717) is 11.3 Å². The summed E-state index contributed by atoms with van der Waals surface area (Å²) in [6, 6.07) is 6.58. The molecule has 1 aliphatic heterocycles. The van der Waals surface area contributed by atoms with Crippen molar-refractivity contribution in [1.82, 2.24) is 5.32 Å². The molecule has 1 unspecified atom stereocenters. The van der Waals surface area contributed by atoms with Crippen molar-refractivity contribution in [3.05, 3.63) is 179 Å². The lowest BCUT2D eigenvalue weighted by Gasteiger charge is -2.23. The average Bonchev–Trinajstić information content (AvgIpc) is 3.01. The Hall–Kier alpha value is -5.09. The average molecular weight is 557 g/mol. The molecule has 2 rings (SSSR count). The molecule has 216 valence electrons. The monoisotopic (exact) mass is 556 g/mol. The molecule has 0 aromatic heterocycles. The van der Waals surface area contributed by atoms with Gasteiger partial charge in [0.1, 0.15) is 0 Å². The van der Waals surface area contributed by atoms with E-state index < -0.39 is 0 Å². The van der Waals surface area contributed by atoms with E-state index in [9.17, 15) is 0 Å². The first-order valence-electron chi connectivity index (χ1n) is 13.9. The first kappa shape index (κ1) is 33.1. The first-order valence-corrected chi connectivity index (χ1v) is 13.9. The van der Waals surface area contributed by atoms with Crippen LogP contribution in [-0.2, 0) is 0 Å². The van der Waals surface area contributed by atoms with Gasteiger partial charge in [-0.05, 0) is 108 Å². The van der Waals surface area contributed by atoms with E-state index in [1.165, 1.54) is 17.4 Å². The molecular weight excluding hydrogens is 512 g/mol. The number of allylic oxidation sites excluding steroid dienone is 16. The lowest BCUT2D eigenvalue weighted by atomic mass is 9.98. The Labute approximate surface area is 252 Å². The second kappa shape index (κ2) is 17.6. The minimum atomic E-state index is 0.115. The van der Waals surface area contributed by atoms with E-state index >= 15 is 0 Å². The number of benzene rings is 1. The maximum absolute atomic E-state index is 7.05. The lowest BCUT2D eigenvalue weighted by molar-refractivity contribution is 0.802. The molecule has 0 bridgehead atoms. The van der Waals surface area contributed by atoms with Crippen LogP contribution in [0.1, 0.15) is 37.0 Å². The standard InChI is InChI=1S/C38H44N4/c1-7-33(15-8-9-16-36(41)31(5)13-11-25-39)22-19-28(2)29(3)20-23-34-27-35(24-21-30(34)4)38-18-10-17-37(42-38)32(6)14-12-26-40/h7-14,16-27,37,39,42H,2-3,5,15,40-41H2,1,4,6H3/b9-8-,13-11-,22-19-,23-20-,26-12-,32-14+,33-7-,36-16-,39-25?. The minimum absolute atomic E-state index is 0.115. The van der Waals surface area contributed by atoms with Crippen molar-refractivity contribution >= 4 is 18.0 Å². The van der Waals surface area contributed by atoms with Gasteiger partial charge in [0, 0.05) is 17.6 Å². The second-order valence-corrected chi connectivity index (χ2v) is 9.84. The van der Waals surface area contributed by atoms with Gasteiger partial charge in [-0.3, -0.25) is 0 Å². The summed E-state index contributed by atoms with van der Waals surface area (Å²) in [5.41, 5.74) is 21.3. The molecule has 1 atom stereocenters. The summed E-state index contributed by atoms with van der Waals surface area (Å²) in [7, 11) is 0. The van der Waals surface area contributed by atoms with E-state index in [1.54, 1.807) is 18.4 Å². The van der Waals surface area contributed by atoms with Gasteiger partial charge in [-0.15, -0.1) is 0 Å². The molecule has 0 spiro atoms. The van der Waals surface area contributed by atoms with Crippen LogP contribution in [0.4, 0.5) is 0 Å². The van der Waals surface area contributed by atoms with Crippen molar-refractivity contribution < 1.29 is 0 Å². The molecule has 0 aliphatic carbocycles. The number of nitrogens with two attached hydrogens (primary N) is 2. The Morgan fingerprint density at radius 1 is 1.00 bits per heavy atom. The van der Waals surface area contributed by atoms with Crippen molar-refractivity contribution in [1.29, 1.82) is 5.41 Å². The van der Waals surface area contributed by atoms with Crippen LogP contribution in [0.15, 0.2) is 163 Å². The van der Waals surface area contributed by atoms with Crippen molar-refractivity contribution in [3.8, 4) is 0 Å². The zero-order valence-corrected chi connectivity index (χ0v) is 25.1. The van der Waals surface area contributed by atoms with Gasteiger partial charge in [-0.1, -0.05) is 98.7 Å². The maximum Gasteiger partial charge on any atom is 0.0661 e. The van der Waals surface area contributed by atoms with Crippen molar-refractivity contribution in [2.45, 2.75) is 33.2 Å². The van der Waals surface area contributed by atoms with Crippen molar-refractivity contribution in [3.63, 3.8) is 0 Å². The van der Waals surface area contributed by atoms with Crippen LogP contribution >= 0.6 is 0 Å². The van der Waals surface area contributed by atoms with Gasteiger partial charge in [0.2, 0.25) is 0 Å². The molecule has 42 heavy (non-hydrogen) atoms. The third-order valence-electron chi connectivity index (χ3n) is 6.70. The quantitative estimate of drug-likeness (QED) is 0.137. The van der Waals surface area contributed by atoms with Crippen molar-refractivity contribution in [2.24, 2.45) is 11.5 Å². The van der Waals surface area contributed by atoms with Crippen LogP contribution in [0.3, 0.4) is 0 Å². The lowest BCUT2D eigenvalue weighted by Crippen LogP contribution is -2.28. The number of rotatable bonds is 14. The molecular formula is C38H44N4. The summed E-state index contributed by atoms with van der Waals surface area (Å²) in [6.45, 7) is 18.5. The van der Waals surface area contributed by atoms with E-state index in [1.807, 2.05) is 49.5 Å². The molecule has 0 radical (unpaired) electrons. The highest BCUT2D eigenvalue weighted by Gasteiger charge is 2.13. The van der Waals surface area contributed by atoms with E-state index in [4.69, 9.17) is 16.9 Å².